The van der Waals surface area contributed by atoms with Crippen LogP contribution < -0.4 is 5.32 Å². The maximum Gasteiger partial charge on any atom is 0.356 e. The summed E-state index contributed by atoms with van der Waals surface area (Å²) in [5, 5.41) is 13.5. The minimum atomic E-state index is -1.18. The van der Waals surface area contributed by atoms with Crippen LogP contribution in [0.4, 0.5) is 10.5 Å². The minimum absolute atomic E-state index is 0.175. The summed E-state index contributed by atoms with van der Waals surface area (Å²) >= 11 is 4.89. The van der Waals surface area contributed by atoms with Crippen LogP contribution >= 0.6 is 27.3 Å². The SMILES string of the molecule is CN(Cc1cc(Br)cs1)C(=O)Nc1cccnc1C(=O)O. The van der Waals surface area contributed by atoms with Crippen LogP contribution in [0.15, 0.2) is 34.2 Å². The number of amides is 2. The van der Waals surface area contributed by atoms with E-state index in [4.69, 9.17) is 5.11 Å². The molecule has 2 aromatic rings. The van der Waals surface area contributed by atoms with Gasteiger partial charge in [-0.25, -0.2) is 14.6 Å². The number of urea groups is 1. The highest BCUT2D eigenvalue weighted by Gasteiger charge is 2.16. The van der Waals surface area contributed by atoms with E-state index in [1.54, 1.807) is 13.1 Å². The van der Waals surface area contributed by atoms with Gasteiger partial charge in [0.2, 0.25) is 0 Å². The Kier molecular flexibility index (Phi) is 4.92. The first-order valence-electron chi connectivity index (χ1n) is 5.90. The number of carboxylic acid groups (broad SMARTS) is 1. The second-order valence-corrected chi connectivity index (χ2v) is 6.13. The zero-order valence-electron chi connectivity index (χ0n) is 11.0. The van der Waals surface area contributed by atoms with E-state index in [2.05, 4.69) is 26.2 Å². The van der Waals surface area contributed by atoms with Crippen LogP contribution in [-0.2, 0) is 6.54 Å². The largest absolute Gasteiger partial charge is 0.476 e. The number of pyridine rings is 1. The van der Waals surface area contributed by atoms with Crippen molar-refractivity contribution in [3.8, 4) is 0 Å². The summed E-state index contributed by atoms with van der Waals surface area (Å²) < 4.78 is 0.969. The molecule has 0 aliphatic carbocycles. The lowest BCUT2D eigenvalue weighted by Gasteiger charge is -2.17. The zero-order chi connectivity index (χ0) is 15.4. The van der Waals surface area contributed by atoms with Gasteiger partial charge in [0.1, 0.15) is 0 Å². The first kappa shape index (κ1) is 15.5. The molecule has 0 saturated heterocycles. The molecule has 0 saturated carbocycles. The monoisotopic (exact) mass is 369 g/mol. The van der Waals surface area contributed by atoms with E-state index in [1.807, 2.05) is 11.4 Å². The molecule has 0 aromatic carbocycles. The lowest BCUT2D eigenvalue weighted by molar-refractivity contribution is 0.0691. The van der Waals surface area contributed by atoms with Crippen LogP contribution in [0, 0.1) is 0 Å². The minimum Gasteiger partial charge on any atom is -0.476 e. The maximum absolute atomic E-state index is 12.1. The van der Waals surface area contributed by atoms with Gasteiger partial charge in [0.25, 0.3) is 0 Å². The summed E-state index contributed by atoms with van der Waals surface area (Å²) in [6, 6.07) is 4.61. The molecule has 0 aliphatic heterocycles. The molecule has 0 spiro atoms. The third-order valence-electron chi connectivity index (χ3n) is 2.61. The Morgan fingerprint density at radius 1 is 1.52 bits per heavy atom. The predicted octanol–water partition coefficient (Wildman–Crippen LogP) is 3.27. The molecule has 2 aromatic heterocycles. The van der Waals surface area contributed by atoms with Gasteiger partial charge in [-0.1, -0.05) is 0 Å². The molecular weight excluding hydrogens is 358 g/mol. The Labute approximate surface area is 133 Å². The highest BCUT2D eigenvalue weighted by molar-refractivity contribution is 9.10. The van der Waals surface area contributed by atoms with Crippen molar-refractivity contribution in [3.63, 3.8) is 0 Å². The molecule has 0 aliphatic rings. The Bertz CT molecular complexity index is 674. The van der Waals surface area contributed by atoms with Crippen molar-refractivity contribution in [3.05, 3.63) is 44.8 Å². The first-order valence-corrected chi connectivity index (χ1v) is 7.58. The number of hydrogen-bond acceptors (Lipinski definition) is 4. The van der Waals surface area contributed by atoms with E-state index in [1.165, 1.54) is 28.5 Å². The maximum atomic E-state index is 12.1. The average molecular weight is 370 g/mol. The number of anilines is 1. The third-order valence-corrected chi connectivity index (χ3v) is 4.30. The molecule has 2 amide bonds. The van der Waals surface area contributed by atoms with E-state index >= 15 is 0 Å². The standard InChI is InChI=1S/C13H12BrN3O3S/c1-17(6-9-5-8(14)7-21-9)13(20)16-10-3-2-4-15-11(10)12(18)19/h2-5,7H,6H2,1H3,(H,16,20)(H,18,19). The van der Waals surface area contributed by atoms with Crippen LogP contribution in [-0.4, -0.2) is 34.0 Å². The fourth-order valence-electron chi connectivity index (χ4n) is 1.63. The van der Waals surface area contributed by atoms with Crippen molar-refractivity contribution in [2.24, 2.45) is 0 Å². The summed E-state index contributed by atoms with van der Waals surface area (Å²) in [6.07, 6.45) is 1.37. The third kappa shape index (κ3) is 4.02. The second kappa shape index (κ2) is 6.68. The number of carbonyl (C=O) groups is 2. The van der Waals surface area contributed by atoms with Gasteiger partial charge < -0.3 is 15.3 Å². The molecule has 110 valence electrons. The molecule has 8 heteroatoms. The number of carbonyl (C=O) groups excluding carboxylic acids is 1. The van der Waals surface area contributed by atoms with Gasteiger partial charge in [-0.2, -0.15) is 0 Å². The Balaban J connectivity index is 2.05. The first-order chi connectivity index (χ1) is 9.97. The Hall–Kier alpha value is -1.93. The number of thiophene rings is 1. The van der Waals surface area contributed by atoms with Gasteiger partial charge in [0.05, 0.1) is 12.2 Å². The molecule has 0 radical (unpaired) electrons. The van der Waals surface area contributed by atoms with Crippen LogP contribution in [0.5, 0.6) is 0 Å². The predicted molar refractivity (Wildman–Crippen MR) is 83.7 cm³/mol. The van der Waals surface area contributed by atoms with Crippen LogP contribution in [0.2, 0.25) is 0 Å². The number of carboxylic acids is 1. The van der Waals surface area contributed by atoms with Crippen LogP contribution in [0.1, 0.15) is 15.4 Å². The van der Waals surface area contributed by atoms with Gasteiger partial charge in [0.15, 0.2) is 5.69 Å². The van der Waals surface area contributed by atoms with Gasteiger partial charge in [-0.05, 0) is 34.1 Å². The molecular formula is C13H12BrN3O3S. The van der Waals surface area contributed by atoms with E-state index in [0.717, 1.165) is 9.35 Å². The van der Waals surface area contributed by atoms with E-state index in [-0.39, 0.29) is 11.4 Å². The lowest BCUT2D eigenvalue weighted by atomic mass is 10.3. The number of rotatable bonds is 4. The summed E-state index contributed by atoms with van der Waals surface area (Å²) in [4.78, 5) is 29.3. The van der Waals surface area contributed by atoms with Crippen molar-refractivity contribution in [2.75, 3.05) is 12.4 Å². The van der Waals surface area contributed by atoms with E-state index in [9.17, 15) is 9.59 Å². The molecule has 0 bridgehead atoms. The number of aromatic carboxylic acids is 1. The highest BCUT2D eigenvalue weighted by atomic mass is 79.9. The summed E-state index contributed by atoms with van der Waals surface area (Å²) in [7, 11) is 1.64. The highest BCUT2D eigenvalue weighted by Crippen LogP contribution is 2.21. The Morgan fingerprint density at radius 2 is 2.29 bits per heavy atom. The molecule has 2 N–H and O–H groups in total. The number of nitrogens with one attached hydrogen (secondary N) is 1. The molecule has 0 atom stereocenters. The number of nitrogens with zero attached hydrogens (tertiary/aromatic N) is 2. The van der Waals surface area contributed by atoms with Crippen molar-refractivity contribution in [1.82, 2.24) is 9.88 Å². The number of aromatic nitrogens is 1. The van der Waals surface area contributed by atoms with Crippen LogP contribution in [0.25, 0.3) is 0 Å². The Morgan fingerprint density at radius 3 is 2.90 bits per heavy atom. The topological polar surface area (TPSA) is 82.5 Å². The smallest absolute Gasteiger partial charge is 0.356 e. The molecule has 21 heavy (non-hydrogen) atoms. The summed E-state index contributed by atoms with van der Waals surface area (Å²) in [5.74, 6) is -1.18. The van der Waals surface area contributed by atoms with Crippen molar-refractivity contribution in [1.29, 1.82) is 0 Å². The normalized spacial score (nSPS) is 10.2. The van der Waals surface area contributed by atoms with Gasteiger partial charge >= 0.3 is 12.0 Å². The zero-order valence-corrected chi connectivity index (χ0v) is 13.4. The van der Waals surface area contributed by atoms with Gasteiger partial charge in [0, 0.05) is 28.0 Å². The molecule has 6 nitrogen and oxygen atoms in total. The average Bonchev–Trinajstić information content (AvgIpc) is 2.84. The summed E-state index contributed by atoms with van der Waals surface area (Å²) in [6.45, 7) is 0.435. The number of hydrogen-bond donors (Lipinski definition) is 2. The van der Waals surface area contributed by atoms with Crippen molar-refractivity contribution >= 4 is 45.0 Å². The quantitative estimate of drug-likeness (QED) is 0.866. The van der Waals surface area contributed by atoms with Gasteiger partial charge in [-0.15, -0.1) is 11.3 Å². The van der Waals surface area contributed by atoms with E-state index in [0.29, 0.717) is 6.54 Å². The summed E-state index contributed by atoms with van der Waals surface area (Å²) in [5.41, 5.74) is -0.00710. The van der Waals surface area contributed by atoms with Crippen molar-refractivity contribution in [2.45, 2.75) is 6.54 Å². The molecule has 2 rings (SSSR count). The molecule has 2 heterocycles. The molecule has 0 fully saturated rings. The lowest BCUT2D eigenvalue weighted by Crippen LogP contribution is -2.31. The number of halogens is 1. The van der Waals surface area contributed by atoms with Crippen LogP contribution in [0.3, 0.4) is 0 Å². The van der Waals surface area contributed by atoms with Gasteiger partial charge in [-0.3, -0.25) is 0 Å². The van der Waals surface area contributed by atoms with Crippen molar-refractivity contribution < 1.29 is 14.7 Å². The fourth-order valence-corrected chi connectivity index (χ4v) is 3.13. The fraction of sp³-hybridized carbons (Fsp3) is 0.154. The van der Waals surface area contributed by atoms with E-state index < -0.39 is 12.0 Å². The second-order valence-electron chi connectivity index (χ2n) is 4.22. The molecule has 0 unspecified atom stereocenters.